The number of ether oxygens (including phenoxy) is 1. The van der Waals surface area contributed by atoms with Gasteiger partial charge < -0.3 is 4.74 Å². The van der Waals surface area contributed by atoms with E-state index in [-0.39, 0.29) is 11.1 Å². The van der Waals surface area contributed by atoms with Crippen molar-refractivity contribution in [3.63, 3.8) is 0 Å². The molecule has 1 rings (SSSR count). The van der Waals surface area contributed by atoms with E-state index in [9.17, 15) is 18.4 Å². The van der Waals surface area contributed by atoms with E-state index in [1.54, 1.807) is 6.92 Å². The molecule has 0 aliphatic rings. The Morgan fingerprint density at radius 2 is 1.94 bits per heavy atom. The summed E-state index contributed by atoms with van der Waals surface area (Å²) >= 11 is 0. The highest BCUT2D eigenvalue weighted by Crippen LogP contribution is 2.15. The quantitative estimate of drug-likeness (QED) is 0.588. The predicted octanol–water partition coefficient (Wildman–Crippen LogP) is 2.23. The number of halogens is 2. The highest BCUT2D eigenvalue weighted by molar-refractivity contribution is 6.00. The Morgan fingerprint density at radius 1 is 1.31 bits per heavy atom. The van der Waals surface area contributed by atoms with E-state index in [0.717, 1.165) is 0 Å². The van der Waals surface area contributed by atoms with Crippen LogP contribution in [-0.2, 0) is 4.74 Å². The number of ketones is 1. The van der Waals surface area contributed by atoms with E-state index in [4.69, 9.17) is 0 Å². The van der Waals surface area contributed by atoms with Crippen LogP contribution in [0.1, 0.15) is 26.3 Å². The molecule has 0 radical (unpaired) electrons. The van der Waals surface area contributed by atoms with Crippen molar-refractivity contribution < 1.29 is 23.1 Å². The fourth-order valence-corrected chi connectivity index (χ4v) is 1.28. The summed E-state index contributed by atoms with van der Waals surface area (Å²) < 4.78 is 28.8. The summed E-state index contributed by atoms with van der Waals surface area (Å²) in [5.41, 5.74) is 0.576. The average Bonchev–Trinajstić information content (AvgIpc) is 2.26. The van der Waals surface area contributed by atoms with Crippen molar-refractivity contribution in [1.29, 1.82) is 0 Å². The Kier molecular flexibility index (Phi) is 3.71. The third kappa shape index (κ3) is 2.42. The van der Waals surface area contributed by atoms with Crippen LogP contribution in [0.15, 0.2) is 18.2 Å². The van der Waals surface area contributed by atoms with Crippen molar-refractivity contribution >= 4 is 11.8 Å². The molecule has 1 aromatic carbocycles. The van der Waals surface area contributed by atoms with Gasteiger partial charge in [-0.3, -0.25) is 4.79 Å². The van der Waals surface area contributed by atoms with E-state index < -0.39 is 18.2 Å². The minimum Gasteiger partial charge on any atom is -0.465 e. The van der Waals surface area contributed by atoms with Crippen LogP contribution in [0.4, 0.5) is 8.78 Å². The molecule has 16 heavy (non-hydrogen) atoms. The molecule has 3 nitrogen and oxygen atoms in total. The number of methoxy groups -OCH3 is 1. The summed E-state index contributed by atoms with van der Waals surface area (Å²) in [4.78, 5) is 22.2. The minimum atomic E-state index is -3.04. The smallest absolute Gasteiger partial charge is 0.338 e. The van der Waals surface area contributed by atoms with Crippen LogP contribution in [0.5, 0.6) is 0 Å². The first-order valence-electron chi connectivity index (χ1n) is 4.48. The van der Waals surface area contributed by atoms with Crippen molar-refractivity contribution in [2.45, 2.75) is 13.3 Å². The van der Waals surface area contributed by atoms with Gasteiger partial charge in [-0.05, 0) is 24.6 Å². The molecule has 1 aromatic rings. The first-order valence-corrected chi connectivity index (χ1v) is 4.48. The summed E-state index contributed by atoms with van der Waals surface area (Å²) in [6.07, 6.45) is -3.04. The van der Waals surface area contributed by atoms with Gasteiger partial charge in [-0.25, -0.2) is 13.6 Å². The fraction of sp³-hybridized carbons (Fsp3) is 0.273. The number of aryl methyl sites for hydroxylation is 1. The van der Waals surface area contributed by atoms with Crippen LogP contribution in [0.25, 0.3) is 0 Å². The Labute approximate surface area is 91.0 Å². The molecule has 0 atom stereocenters. The van der Waals surface area contributed by atoms with E-state index in [1.165, 1.54) is 25.3 Å². The number of carbonyl (C=O) groups is 2. The molecule has 0 saturated heterocycles. The summed E-state index contributed by atoms with van der Waals surface area (Å²) in [7, 11) is 1.22. The van der Waals surface area contributed by atoms with E-state index >= 15 is 0 Å². The van der Waals surface area contributed by atoms with Gasteiger partial charge in [-0.2, -0.15) is 0 Å². The summed E-state index contributed by atoms with van der Waals surface area (Å²) in [5, 5.41) is 0. The largest absolute Gasteiger partial charge is 0.465 e. The lowest BCUT2D eigenvalue weighted by Crippen LogP contribution is -2.12. The molecular formula is C11H10F2O3. The molecule has 0 unspecified atom stereocenters. The van der Waals surface area contributed by atoms with Crippen molar-refractivity contribution in [2.75, 3.05) is 7.11 Å². The maximum atomic E-state index is 12.1. The Balaban J connectivity index is 3.09. The highest BCUT2D eigenvalue weighted by atomic mass is 19.3. The maximum absolute atomic E-state index is 12.1. The standard InChI is InChI=1S/C11H10F2O3/c1-6-5-7(9(14)10(12)13)3-4-8(6)11(15)16-2/h3-5,10H,1-2H3. The number of esters is 1. The predicted molar refractivity (Wildman–Crippen MR) is 52.9 cm³/mol. The molecule has 0 aromatic heterocycles. The van der Waals surface area contributed by atoms with Gasteiger partial charge >= 0.3 is 12.4 Å². The van der Waals surface area contributed by atoms with Crippen molar-refractivity contribution in [2.24, 2.45) is 0 Å². The zero-order valence-electron chi connectivity index (χ0n) is 8.79. The van der Waals surface area contributed by atoms with Gasteiger partial charge in [-0.1, -0.05) is 6.07 Å². The first-order chi connectivity index (χ1) is 7.47. The van der Waals surface area contributed by atoms with Crippen LogP contribution in [-0.4, -0.2) is 25.3 Å². The van der Waals surface area contributed by atoms with Crippen molar-refractivity contribution in [1.82, 2.24) is 0 Å². The normalized spacial score (nSPS) is 10.3. The number of hydrogen-bond donors (Lipinski definition) is 0. The Hall–Kier alpha value is -1.78. The Bertz CT molecular complexity index is 427. The third-order valence-corrected chi connectivity index (χ3v) is 2.11. The van der Waals surface area contributed by atoms with Gasteiger partial charge in [0, 0.05) is 5.56 Å². The Morgan fingerprint density at radius 3 is 2.38 bits per heavy atom. The van der Waals surface area contributed by atoms with Gasteiger partial charge in [-0.15, -0.1) is 0 Å². The van der Waals surface area contributed by atoms with Gasteiger partial charge in [0.1, 0.15) is 0 Å². The highest BCUT2D eigenvalue weighted by Gasteiger charge is 2.19. The van der Waals surface area contributed by atoms with Crippen molar-refractivity contribution in [3.05, 3.63) is 34.9 Å². The molecule has 0 fully saturated rings. The van der Waals surface area contributed by atoms with Crippen LogP contribution in [0.2, 0.25) is 0 Å². The molecule has 0 spiro atoms. The molecule has 0 bridgehead atoms. The second-order valence-electron chi connectivity index (χ2n) is 3.19. The molecule has 0 aliphatic carbocycles. The van der Waals surface area contributed by atoms with Gasteiger partial charge in [0.05, 0.1) is 12.7 Å². The number of carbonyl (C=O) groups excluding carboxylic acids is 2. The van der Waals surface area contributed by atoms with Crippen molar-refractivity contribution in [3.8, 4) is 0 Å². The number of hydrogen-bond acceptors (Lipinski definition) is 3. The maximum Gasteiger partial charge on any atom is 0.338 e. The molecular weight excluding hydrogens is 218 g/mol. The molecule has 86 valence electrons. The number of Topliss-reactive ketones (excluding diaryl/α,β-unsaturated/α-hetero) is 1. The van der Waals surface area contributed by atoms with E-state index in [1.807, 2.05) is 0 Å². The topological polar surface area (TPSA) is 43.4 Å². The molecule has 0 N–H and O–H groups in total. The van der Waals surface area contributed by atoms with Crippen LogP contribution < -0.4 is 0 Å². The zero-order valence-corrected chi connectivity index (χ0v) is 8.79. The average molecular weight is 228 g/mol. The molecule has 0 amide bonds. The molecule has 0 aliphatic heterocycles. The van der Waals surface area contributed by atoms with Crippen LogP contribution >= 0.6 is 0 Å². The first kappa shape index (κ1) is 12.3. The van der Waals surface area contributed by atoms with Gasteiger partial charge in [0.25, 0.3) is 0 Å². The second-order valence-corrected chi connectivity index (χ2v) is 3.19. The number of rotatable bonds is 3. The zero-order chi connectivity index (χ0) is 12.3. The lowest BCUT2D eigenvalue weighted by Gasteiger charge is -2.05. The molecule has 5 heteroatoms. The summed E-state index contributed by atoms with van der Waals surface area (Å²) in [6, 6.07) is 3.74. The number of benzene rings is 1. The van der Waals surface area contributed by atoms with Crippen LogP contribution in [0, 0.1) is 6.92 Å². The summed E-state index contributed by atoms with van der Waals surface area (Å²) in [5.74, 6) is -1.81. The van der Waals surface area contributed by atoms with Gasteiger partial charge in [0.2, 0.25) is 5.78 Å². The van der Waals surface area contributed by atoms with Crippen LogP contribution in [0.3, 0.4) is 0 Å². The SMILES string of the molecule is COC(=O)c1ccc(C(=O)C(F)F)cc1C. The second kappa shape index (κ2) is 4.83. The monoisotopic (exact) mass is 228 g/mol. The summed E-state index contributed by atoms with van der Waals surface area (Å²) in [6.45, 7) is 1.55. The minimum absolute atomic E-state index is 0.111. The molecule has 0 saturated carbocycles. The van der Waals surface area contributed by atoms with Gasteiger partial charge in [0.15, 0.2) is 0 Å². The molecule has 0 heterocycles. The van der Waals surface area contributed by atoms with E-state index in [0.29, 0.717) is 5.56 Å². The third-order valence-electron chi connectivity index (χ3n) is 2.11. The van der Waals surface area contributed by atoms with E-state index in [2.05, 4.69) is 4.74 Å². The lowest BCUT2D eigenvalue weighted by atomic mass is 10.0. The fourth-order valence-electron chi connectivity index (χ4n) is 1.28. The number of alkyl halides is 2. The lowest BCUT2D eigenvalue weighted by molar-refractivity contribution is 0.0599.